The summed E-state index contributed by atoms with van der Waals surface area (Å²) in [6, 6.07) is 11.4. The first-order valence-corrected chi connectivity index (χ1v) is 11.4. The van der Waals surface area contributed by atoms with Crippen LogP contribution in [0.4, 0.5) is 20.2 Å². The minimum absolute atomic E-state index is 0.0533. The molecular formula is C27H23ClF2N2O5. The molecule has 10 heteroatoms. The number of benzene rings is 3. The van der Waals surface area contributed by atoms with E-state index in [1.165, 1.54) is 32.4 Å². The molecule has 4 rings (SSSR count). The smallest absolute Gasteiger partial charge is 0.300 e. The van der Waals surface area contributed by atoms with E-state index in [0.29, 0.717) is 5.56 Å². The van der Waals surface area contributed by atoms with Crippen LogP contribution in [0.25, 0.3) is 5.76 Å². The molecule has 1 atom stereocenters. The minimum atomic E-state index is -1.19. The molecule has 1 N–H and O–H groups in total. The molecular weight excluding hydrogens is 506 g/mol. The summed E-state index contributed by atoms with van der Waals surface area (Å²) < 4.78 is 38.4. The number of Topliss-reactive ketones (excluding diaryl/α,β-unsaturated/α-hetero) is 1. The molecule has 0 aromatic heterocycles. The van der Waals surface area contributed by atoms with Crippen molar-refractivity contribution in [3.8, 4) is 11.5 Å². The van der Waals surface area contributed by atoms with Crippen LogP contribution < -0.4 is 19.3 Å². The number of aliphatic hydroxyl groups excluding tert-OH is 1. The zero-order chi connectivity index (χ0) is 27.0. The van der Waals surface area contributed by atoms with Crippen LogP contribution in [0.5, 0.6) is 11.5 Å². The molecule has 0 aliphatic carbocycles. The van der Waals surface area contributed by atoms with Crippen LogP contribution in [0.1, 0.15) is 17.2 Å². The van der Waals surface area contributed by atoms with Crippen molar-refractivity contribution in [3.63, 3.8) is 0 Å². The number of methoxy groups -OCH3 is 2. The van der Waals surface area contributed by atoms with E-state index in [9.17, 15) is 23.5 Å². The van der Waals surface area contributed by atoms with Gasteiger partial charge >= 0.3 is 0 Å². The van der Waals surface area contributed by atoms with Crippen molar-refractivity contribution in [2.75, 3.05) is 38.1 Å². The lowest BCUT2D eigenvalue weighted by Crippen LogP contribution is -2.29. The lowest BCUT2D eigenvalue weighted by Gasteiger charge is -2.26. The van der Waals surface area contributed by atoms with Gasteiger partial charge in [-0.3, -0.25) is 14.5 Å². The average molecular weight is 529 g/mol. The van der Waals surface area contributed by atoms with Gasteiger partial charge < -0.3 is 19.5 Å². The van der Waals surface area contributed by atoms with Crippen molar-refractivity contribution in [1.82, 2.24) is 0 Å². The van der Waals surface area contributed by atoms with Crippen LogP contribution in [-0.4, -0.2) is 45.1 Å². The molecule has 7 nitrogen and oxygen atoms in total. The minimum Gasteiger partial charge on any atom is -0.507 e. The Labute approximate surface area is 217 Å². The van der Waals surface area contributed by atoms with Crippen LogP contribution in [-0.2, 0) is 9.59 Å². The molecule has 3 aromatic carbocycles. The van der Waals surface area contributed by atoms with Crippen LogP contribution in [0.3, 0.4) is 0 Å². The molecule has 1 aliphatic rings. The van der Waals surface area contributed by atoms with E-state index in [1.807, 2.05) is 19.0 Å². The van der Waals surface area contributed by atoms with Gasteiger partial charge in [-0.15, -0.1) is 0 Å². The average Bonchev–Trinajstić information content (AvgIpc) is 3.15. The Morgan fingerprint density at radius 1 is 0.946 bits per heavy atom. The third kappa shape index (κ3) is 4.58. The highest BCUT2D eigenvalue weighted by Crippen LogP contribution is 2.45. The molecule has 1 aliphatic heterocycles. The first-order chi connectivity index (χ1) is 17.6. The molecule has 3 aromatic rings. The molecule has 1 unspecified atom stereocenters. The highest BCUT2D eigenvalue weighted by atomic mass is 35.5. The summed E-state index contributed by atoms with van der Waals surface area (Å²) in [5.41, 5.74) is 1.04. The number of ether oxygens (including phenoxy) is 2. The Morgan fingerprint density at radius 3 is 2.16 bits per heavy atom. The number of anilines is 2. The van der Waals surface area contributed by atoms with Gasteiger partial charge in [-0.2, -0.15) is 0 Å². The van der Waals surface area contributed by atoms with Crippen LogP contribution in [0.2, 0.25) is 5.02 Å². The lowest BCUT2D eigenvalue weighted by molar-refractivity contribution is -0.132. The van der Waals surface area contributed by atoms with Gasteiger partial charge in [0.25, 0.3) is 11.7 Å². The summed E-state index contributed by atoms with van der Waals surface area (Å²) in [5.74, 6) is -4.55. The fourth-order valence-corrected chi connectivity index (χ4v) is 4.43. The molecule has 0 spiro atoms. The summed E-state index contributed by atoms with van der Waals surface area (Å²) in [7, 11) is 6.43. The SMILES string of the molecule is COc1cc(/C(O)=C2\C(=O)C(=O)N(c3ccc(F)c(F)c3)C2c2ccc(N(C)C)cc2)c(OC)cc1Cl. The number of carbonyl (C=O) groups excluding carboxylic acids is 2. The van der Waals surface area contributed by atoms with Gasteiger partial charge in [-0.1, -0.05) is 23.7 Å². The number of halogens is 3. The van der Waals surface area contributed by atoms with Gasteiger partial charge in [0.1, 0.15) is 17.3 Å². The number of amides is 1. The van der Waals surface area contributed by atoms with Crippen molar-refractivity contribution in [1.29, 1.82) is 0 Å². The molecule has 1 saturated heterocycles. The number of aliphatic hydroxyl groups is 1. The van der Waals surface area contributed by atoms with E-state index in [1.54, 1.807) is 24.3 Å². The van der Waals surface area contributed by atoms with Crippen LogP contribution >= 0.6 is 11.6 Å². The molecule has 1 amide bonds. The Morgan fingerprint density at radius 2 is 1.59 bits per heavy atom. The second kappa shape index (κ2) is 10.1. The monoisotopic (exact) mass is 528 g/mol. The molecule has 192 valence electrons. The Balaban J connectivity index is 1.99. The van der Waals surface area contributed by atoms with Gasteiger partial charge in [0.2, 0.25) is 0 Å². The van der Waals surface area contributed by atoms with Crippen molar-refractivity contribution in [3.05, 3.63) is 88.0 Å². The predicted molar refractivity (Wildman–Crippen MR) is 136 cm³/mol. The van der Waals surface area contributed by atoms with Crippen molar-refractivity contribution >= 4 is 40.4 Å². The summed E-state index contributed by atoms with van der Waals surface area (Å²) in [4.78, 5) is 29.5. The summed E-state index contributed by atoms with van der Waals surface area (Å²) >= 11 is 6.19. The molecule has 0 radical (unpaired) electrons. The Kier molecular flexibility index (Phi) is 7.09. The van der Waals surface area contributed by atoms with E-state index in [0.717, 1.165) is 22.7 Å². The lowest BCUT2D eigenvalue weighted by atomic mass is 9.94. The van der Waals surface area contributed by atoms with Gasteiger partial charge in [0.15, 0.2) is 11.6 Å². The van der Waals surface area contributed by atoms with E-state index < -0.39 is 35.1 Å². The van der Waals surface area contributed by atoms with Gasteiger partial charge in [0, 0.05) is 37.6 Å². The fourth-order valence-electron chi connectivity index (χ4n) is 4.19. The quantitative estimate of drug-likeness (QED) is 0.265. The zero-order valence-corrected chi connectivity index (χ0v) is 21.1. The normalized spacial score (nSPS) is 16.7. The van der Waals surface area contributed by atoms with Gasteiger partial charge in [-0.05, 0) is 35.9 Å². The number of ketones is 1. The summed E-state index contributed by atoms with van der Waals surface area (Å²) in [6.45, 7) is 0. The molecule has 1 heterocycles. The number of hydrogen-bond acceptors (Lipinski definition) is 6. The molecule has 37 heavy (non-hydrogen) atoms. The maximum absolute atomic E-state index is 14.2. The maximum atomic E-state index is 14.2. The standard InChI is InChI=1S/C27H23ClF2N2O5/c1-31(2)15-7-5-14(6-8-15)24-23(25(33)17-12-22(37-4)18(28)13-21(17)36-3)26(34)27(35)32(24)16-9-10-19(29)20(30)11-16/h5-13,24,33H,1-4H3/b25-23+. The molecule has 0 bridgehead atoms. The molecule has 0 saturated carbocycles. The Bertz CT molecular complexity index is 1420. The fraction of sp³-hybridized carbons (Fsp3) is 0.185. The largest absolute Gasteiger partial charge is 0.507 e. The summed E-state index contributed by atoms with van der Waals surface area (Å²) in [5, 5.41) is 11.6. The van der Waals surface area contributed by atoms with E-state index in [4.69, 9.17) is 21.1 Å². The topological polar surface area (TPSA) is 79.3 Å². The first kappa shape index (κ1) is 26.0. The third-order valence-corrected chi connectivity index (χ3v) is 6.38. The van der Waals surface area contributed by atoms with E-state index >= 15 is 0 Å². The summed E-state index contributed by atoms with van der Waals surface area (Å²) in [6.07, 6.45) is 0. The number of rotatable bonds is 6. The highest BCUT2D eigenvalue weighted by Gasteiger charge is 2.47. The number of hydrogen-bond donors (Lipinski definition) is 1. The predicted octanol–water partition coefficient (Wildman–Crippen LogP) is 5.33. The zero-order valence-electron chi connectivity index (χ0n) is 20.4. The van der Waals surface area contributed by atoms with Crippen molar-refractivity contribution in [2.45, 2.75) is 6.04 Å². The third-order valence-electron chi connectivity index (χ3n) is 6.08. The second-order valence-electron chi connectivity index (χ2n) is 8.44. The molecule has 1 fully saturated rings. The highest BCUT2D eigenvalue weighted by molar-refractivity contribution is 6.51. The Hall–Kier alpha value is -4.11. The van der Waals surface area contributed by atoms with E-state index in [-0.39, 0.29) is 33.3 Å². The first-order valence-electron chi connectivity index (χ1n) is 11.0. The number of nitrogens with zero attached hydrogens (tertiary/aromatic N) is 2. The van der Waals surface area contributed by atoms with Crippen molar-refractivity contribution < 1.29 is 33.0 Å². The van der Waals surface area contributed by atoms with Gasteiger partial charge in [0.05, 0.1) is 36.4 Å². The van der Waals surface area contributed by atoms with E-state index in [2.05, 4.69) is 0 Å². The number of carbonyl (C=O) groups is 2. The van der Waals surface area contributed by atoms with Crippen molar-refractivity contribution in [2.24, 2.45) is 0 Å². The van der Waals surface area contributed by atoms with Gasteiger partial charge in [-0.25, -0.2) is 8.78 Å². The van der Waals surface area contributed by atoms with Crippen LogP contribution in [0, 0.1) is 11.6 Å². The second-order valence-corrected chi connectivity index (χ2v) is 8.85. The van der Waals surface area contributed by atoms with Crippen LogP contribution in [0.15, 0.2) is 60.2 Å². The maximum Gasteiger partial charge on any atom is 0.300 e.